The highest BCUT2D eigenvalue weighted by molar-refractivity contribution is 5.99. The molecule has 0 saturated carbocycles. The van der Waals surface area contributed by atoms with Crippen molar-refractivity contribution in [2.75, 3.05) is 9.80 Å². The van der Waals surface area contributed by atoms with Gasteiger partial charge in [0.05, 0.1) is 27.6 Å². The van der Waals surface area contributed by atoms with Gasteiger partial charge in [-0.2, -0.15) is 0 Å². The average Bonchev–Trinajstić information content (AvgIpc) is 1.51. The number of hydrogen-bond donors (Lipinski definition) is 0. The maximum absolute atomic E-state index is 17.5. The van der Waals surface area contributed by atoms with Crippen LogP contribution in [0.15, 0.2) is 304 Å². The molecule has 484 valence electrons. The van der Waals surface area contributed by atoms with Gasteiger partial charge in [0, 0.05) is 22.7 Å². The minimum Gasteiger partial charge on any atom is -0.308 e. The molecule has 0 aliphatic heterocycles. The third-order valence-electron chi connectivity index (χ3n) is 22.2. The van der Waals surface area contributed by atoms with Crippen molar-refractivity contribution in [2.45, 2.75) is 43.9 Å². The molecule has 0 heterocycles. The van der Waals surface area contributed by atoms with E-state index in [0.717, 1.165) is 157 Å². The predicted octanol–water partition coefficient (Wildman–Crippen LogP) is 24.8. The minimum atomic E-state index is -1.05. The SMILES string of the molecule is C=Cc1ccc(C2(c3cc(C)ccc3C)c3ccccc3-c3ccc(N(c4ccc5c(c4)C4(c6ccccc6-5)c5ccccc5-c5ccc(N(c6ccc7c(c6)C(c6ccc(C=C)cc6)(c6cc(C)ccc6C)c6ccccc6-7)c6cccc(F)c6F)cc54)c4cccc(F)c4F)cc32)cc1. The monoisotopic (exact) mass is 1310 g/mol. The fourth-order valence-electron chi connectivity index (χ4n) is 17.9. The molecule has 18 rings (SSSR count). The molecule has 4 aliphatic carbocycles. The van der Waals surface area contributed by atoms with E-state index in [-0.39, 0.29) is 11.4 Å². The van der Waals surface area contributed by atoms with Gasteiger partial charge in [0.15, 0.2) is 23.3 Å². The van der Waals surface area contributed by atoms with Crippen LogP contribution < -0.4 is 9.80 Å². The summed E-state index contributed by atoms with van der Waals surface area (Å²) in [5.74, 6) is -3.94. The average molecular weight is 1310 g/mol. The van der Waals surface area contributed by atoms with Crippen LogP contribution in [-0.4, -0.2) is 0 Å². The zero-order valence-electron chi connectivity index (χ0n) is 56.2. The van der Waals surface area contributed by atoms with Crippen molar-refractivity contribution in [3.8, 4) is 44.5 Å². The second-order valence-corrected chi connectivity index (χ2v) is 27.5. The van der Waals surface area contributed by atoms with Crippen molar-refractivity contribution < 1.29 is 17.6 Å². The molecule has 0 bridgehead atoms. The lowest BCUT2D eigenvalue weighted by Crippen LogP contribution is -2.30. The molecule has 0 aromatic heterocycles. The Labute approximate surface area is 586 Å². The Morgan fingerprint density at radius 2 is 0.564 bits per heavy atom. The van der Waals surface area contributed by atoms with Gasteiger partial charge in [-0.25, -0.2) is 17.6 Å². The van der Waals surface area contributed by atoms with Gasteiger partial charge in [-0.05, 0) is 234 Å². The zero-order valence-corrected chi connectivity index (χ0v) is 56.2. The number of anilines is 6. The van der Waals surface area contributed by atoms with Crippen LogP contribution >= 0.6 is 0 Å². The summed E-state index contributed by atoms with van der Waals surface area (Å²) in [4.78, 5) is 3.75. The number of halogens is 4. The van der Waals surface area contributed by atoms with E-state index in [4.69, 9.17) is 0 Å². The minimum absolute atomic E-state index is 0.0349. The van der Waals surface area contributed by atoms with Crippen molar-refractivity contribution >= 4 is 46.3 Å². The van der Waals surface area contributed by atoms with E-state index in [1.165, 1.54) is 0 Å². The summed E-state index contributed by atoms with van der Waals surface area (Å²) in [5.41, 5.74) is 26.8. The topological polar surface area (TPSA) is 6.48 Å². The number of benzene rings is 14. The molecule has 2 atom stereocenters. The van der Waals surface area contributed by atoms with Crippen molar-refractivity contribution in [3.05, 3.63) is 428 Å². The summed E-state index contributed by atoms with van der Waals surface area (Å²) in [7, 11) is 0. The Kier molecular flexibility index (Phi) is 13.9. The highest BCUT2D eigenvalue weighted by Crippen LogP contribution is 2.66. The van der Waals surface area contributed by atoms with E-state index in [1.54, 1.807) is 24.3 Å². The third kappa shape index (κ3) is 8.64. The first kappa shape index (κ1) is 61.2. The Morgan fingerprint density at radius 3 is 0.891 bits per heavy atom. The summed E-state index contributed by atoms with van der Waals surface area (Å²) >= 11 is 0. The standard InChI is InChI=1S/C95H66F4N2/c1-7-61-35-39-63(40-36-61)93(81-51-57(3)31-33-59(81)5)77-23-13-9-19-69(77)73-47-43-65(53-83(73)93)100(89-29-17-27-87(96)91(89)98)67-45-49-75-71-21-11-15-25-79(71)95(85(75)55-67)80-26-16-12-22-72(80)76-50-46-68(56-86(76)95)101(90-30-18-28-88(97)92(90)99)66-44-48-74-70-20-10-14-24-78(70)94(84(74)54-66,64-41-37-62(8-2)38-42-64)82-52-58(4)32-34-60(82)6/h7-56H,1-2H2,3-6H3. The quantitative estimate of drug-likeness (QED) is 0.113. The molecule has 0 amide bonds. The molecular weight excluding hydrogens is 1250 g/mol. The van der Waals surface area contributed by atoms with Gasteiger partial charge in [-0.3, -0.25) is 0 Å². The lowest BCUT2D eigenvalue weighted by molar-refractivity contribution is 0.510. The molecule has 0 fully saturated rings. The fraction of sp³-hybridized carbons (Fsp3) is 0.0737. The smallest absolute Gasteiger partial charge is 0.182 e. The number of aryl methyl sites for hydroxylation is 4. The molecule has 2 nitrogen and oxygen atoms in total. The van der Waals surface area contributed by atoms with Crippen LogP contribution in [-0.2, 0) is 16.2 Å². The molecule has 0 saturated heterocycles. The molecule has 4 aliphatic rings. The highest BCUT2D eigenvalue weighted by atomic mass is 19.2. The maximum Gasteiger partial charge on any atom is 0.182 e. The van der Waals surface area contributed by atoms with Crippen LogP contribution in [0, 0.1) is 51.0 Å². The van der Waals surface area contributed by atoms with Crippen LogP contribution in [0.4, 0.5) is 51.7 Å². The first-order valence-electron chi connectivity index (χ1n) is 34.4. The lowest BCUT2D eigenvalue weighted by atomic mass is 9.66. The second kappa shape index (κ2) is 23.0. The van der Waals surface area contributed by atoms with Crippen molar-refractivity contribution in [3.63, 3.8) is 0 Å². The van der Waals surface area contributed by atoms with Crippen LogP contribution in [0.2, 0.25) is 0 Å². The van der Waals surface area contributed by atoms with Crippen molar-refractivity contribution in [2.24, 2.45) is 0 Å². The van der Waals surface area contributed by atoms with Crippen molar-refractivity contribution in [1.29, 1.82) is 0 Å². The van der Waals surface area contributed by atoms with E-state index in [1.807, 2.05) is 46.2 Å². The van der Waals surface area contributed by atoms with Gasteiger partial charge in [0.25, 0.3) is 0 Å². The van der Waals surface area contributed by atoms with Crippen LogP contribution in [0.3, 0.4) is 0 Å². The molecule has 14 aromatic carbocycles. The van der Waals surface area contributed by atoms with Crippen LogP contribution in [0.5, 0.6) is 0 Å². The van der Waals surface area contributed by atoms with Crippen LogP contribution in [0.25, 0.3) is 56.7 Å². The van der Waals surface area contributed by atoms with E-state index in [0.29, 0.717) is 22.7 Å². The summed E-state index contributed by atoms with van der Waals surface area (Å²) in [6, 6.07) is 98.8. The Balaban J connectivity index is 0.875. The summed E-state index contributed by atoms with van der Waals surface area (Å²) in [5, 5.41) is 0. The molecule has 14 aromatic rings. The lowest BCUT2D eigenvalue weighted by Gasteiger charge is -2.36. The van der Waals surface area contributed by atoms with Gasteiger partial charge in [0.2, 0.25) is 0 Å². The largest absolute Gasteiger partial charge is 0.308 e. The van der Waals surface area contributed by atoms with E-state index >= 15 is 17.6 Å². The summed E-state index contributed by atoms with van der Waals surface area (Å²) < 4.78 is 67.8. The van der Waals surface area contributed by atoms with Crippen LogP contribution in [0.1, 0.15) is 100 Å². The molecule has 2 unspecified atom stereocenters. The fourth-order valence-corrected chi connectivity index (χ4v) is 17.9. The van der Waals surface area contributed by atoms with Crippen molar-refractivity contribution in [1.82, 2.24) is 0 Å². The second-order valence-electron chi connectivity index (χ2n) is 27.5. The Hall–Kier alpha value is -12.1. The van der Waals surface area contributed by atoms with E-state index in [9.17, 15) is 0 Å². The number of hydrogen-bond acceptors (Lipinski definition) is 2. The third-order valence-corrected chi connectivity index (χ3v) is 22.2. The van der Waals surface area contributed by atoms with Gasteiger partial charge in [-0.1, -0.05) is 255 Å². The molecule has 0 N–H and O–H groups in total. The molecule has 0 radical (unpaired) electrons. The van der Waals surface area contributed by atoms with Gasteiger partial charge >= 0.3 is 0 Å². The Bertz CT molecular complexity index is 5480. The summed E-state index contributed by atoms with van der Waals surface area (Å²) in [6.45, 7) is 16.8. The first-order valence-corrected chi connectivity index (χ1v) is 34.4. The van der Waals surface area contributed by atoms with E-state index < -0.39 is 39.5 Å². The molecular formula is C95H66F4N2. The number of nitrogens with zero attached hydrogens (tertiary/aromatic N) is 2. The molecule has 6 heteroatoms. The van der Waals surface area contributed by atoms with E-state index in [2.05, 4.69) is 271 Å². The normalized spacial score (nSPS) is 16.7. The van der Waals surface area contributed by atoms with Gasteiger partial charge < -0.3 is 9.80 Å². The number of fused-ring (bicyclic) bond motifs is 16. The summed E-state index contributed by atoms with van der Waals surface area (Å²) in [6.07, 6.45) is 3.71. The molecule has 101 heavy (non-hydrogen) atoms. The van der Waals surface area contributed by atoms with Gasteiger partial charge in [-0.15, -0.1) is 0 Å². The predicted molar refractivity (Wildman–Crippen MR) is 406 cm³/mol. The Morgan fingerprint density at radius 1 is 0.267 bits per heavy atom. The zero-order chi connectivity index (χ0) is 68.8. The molecule has 1 spiro atoms. The maximum atomic E-state index is 17.5. The number of rotatable bonds is 12. The first-order chi connectivity index (χ1) is 49.3. The highest BCUT2D eigenvalue weighted by Gasteiger charge is 2.54. The van der Waals surface area contributed by atoms with Gasteiger partial charge in [0.1, 0.15) is 0 Å².